The molecule has 17 heavy (non-hydrogen) atoms. The minimum absolute atomic E-state index is 0.331. The molecule has 1 aromatic heterocycles. The summed E-state index contributed by atoms with van der Waals surface area (Å²) in [7, 11) is 3.78. The lowest BCUT2D eigenvalue weighted by molar-refractivity contribution is 0.0512. The maximum atomic E-state index is 5.67. The van der Waals surface area contributed by atoms with Crippen molar-refractivity contribution in [2.75, 3.05) is 13.7 Å². The first-order chi connectivity index (χ1) is 8.24. The van der Waals surface area contributed by atoms with Gasteiger partial charge in [-0.15, -0.1) is 0 Å². The van der Waals surface area contributed by atoms with Crippen LogP contribution in [0.2, 0.25) is 0 Å². The van der Waals surface area contributed by atoms with E-state index in [9.17, 15) is 0 Å². The highest BCUT2D eigenvalue weighted by Crippen LogP contribution is 2.36. The van der Waals surface area contributed by atoms with Crippen LogP contribution < -0.4 is 5.32 Å². The van der Waals surface area contributed by atoms with Crippen LogP contribution in [0.3, 0.4) is 0 Å². The number of hydrogen-bond donors (Lipinski definition) is 1. The third-order valence-corrected chi connectivity index (χ3v) is 3.42. The van der Waals surface area contributed by atoms with Crippen LogP contribution >= 0.6 is 0 Å². The van der Waals surface area contributed by atoms with Crippen LogP contribution in [-0.4, -0.2) is 35.6 Å². The van der Waals surface area contributed by atoms with Crippen molar-refractivity contribution in [2.24, 2.45) is 13.0 Å². The van der Waals surface area contributed by atoms with Gasteiger partial charge in [0.05, 0.1) is 11.8 Å². The van der Waals surface area contributed by atoms with Crippen molar-refractivity contribution in [1.29, 1.82) is 0 Å². The van der Waals surface area contributed by atoms with Gasteiger partial charge in [-0.2, -0.15) is 5.10 Å². The number of nitrogens with one attached hydrogen (secondary N) is 1. The molecule has 0 saturated heterocycles. The average molecular weight is 237 g/mol. The van der Waals surface area contributed by atoms with Crippen LogP contribution in [0.4, 0.5) is 0 Å². The molecule has 1 saturated carbocycles. The van der Waals surface area contributed by atoms with Gasteiger partial charge in [0, 0.05) is 32.8 Å². The fourth-order valence-electron chi connectivity index (χ4n) is 2.47. The van der Waals surface area contributed by atoms with E-state index in [-0.39, 0.29) is 0 Å². The second kappa shape index (κ2) is 5.65. The van der Waals surface area contributed by atoms with E-state index in [0.717, 1.165) is 24.6 Å². The predicted molar refractivity (Wildman–Crippen MR) is 67.9 cm³/mol. The summed E-state index contributed by atoms with van der Waals surface area (Å²) in [6.07, 6.45) is 5.89. The second-order valence-electron chi connectivity index (χ2n) is 4.89. The third-order valence-electron chi connectivity index (χ3n) is 3.42. The van der Waals surface area contributed by atoms with Crippen molar-refractivity contribution in [3.05, 3.63) is 18.0 Å². The smallest absolute Gasteiger partial charge is 0.0756 e. The number of aromatic nitrogens is 2. The molecule has 0 aromatic carbocycles. The molecule has 0 radical (unpaired) electrons. The van der Waals surface area contributed by atoms with Gasteiger partial charge >= 0.3 is 0 Å². The van der Waals surface area contributed by atoms with Crippen LogP contribution in [-0.2, 0) is 18.2 Å². The topological polar surface area (TPSA) is 39.1 Å². The van der Waals surface area contributed by atoms with E-state index < -0.39 is 0 Å². The molecule has 0 spiro atoms. The van der Waals surface area contributed by atoms with Crippen LogP contribution in [0.1, 0.15) is 25.5 Å². The fourth-order valence-corrected chi connectivity index (χ4v) is 2.47. The van der Waals surface area contributed by atoms with E-state index in [2.05, 4.69) is 23.4 Å². The van der Waals surface area contributed by atoms with E-state index in [0.29, 0.717) is 12.1 Å². The molecule has 0 bridgehead atoms. The zero-order valence-corrected chi connectivity index (χ0v) is 11.0. The van der Waals surface area contributed by atoms with E-state index in [1.165, 1.54) is 12.8 Å². The highest BCUT2D eigenvalue weighted by molar-refractivity contribution is 5.04. The fraction of sp³-hybridized carbons (Fsp3) is 0.769. The predicted octanol–water partition coefficient (Wildman–Crippen LogP) is 1.37. The highest BCUT2D eigenvalue weighted by Gasteiger charge is 2.36. The molecule has 1 fully saturated rings. The number of ether oxygens (including phenoxy) is 1. The Morgan fingerprint density at radius 3 is 2.82 bits per heavy atom. The summed E-state index contributed by atoms with van der Waals surface area (Å²) in [5, 5.41) is 7.99. The number of methoxy groups -OCH3 is 1. The Bertz CT molecular complexity index is 346. The van der Waals surface area contributed by atoms with Gasteiger partial charge in [-0.05, 0) is 31.4 Å². The number of aryl methyl sites for hydroxylation is 1. The summed E-state index contributed by atoms with van der Waals surface area (Å²) in [6.45, 7) is 3.12. The van der Waals surface area contributed by atoms with E-state index in [1.807, 2.05) is 25.0 Å². The quantitative estimate of drug-likeness (QED) is 0.778. The van der Waals surface area contributed by atoms with Crippen LogP contribution in [0, 0.1) is 5.92 Å². The Morgan fingerprint density at radius 1 is 1.59 bits per heavy atom. The van der Waals surface area contributed by atoms with E-state index >= 15 is 0 Å². The maximum absolute atomic E-state index is 5.67. The van der Waals surface area contributed by atoms with Crippen LogP contribution in [0.5, 0.6) is 0 Å². The average Bonchev–Trinajstić information content (AvgIpc) is 3.04. The van der Waals surface area contributed by atoms with Gasteiger partial charge < -0.3 is 10.1 Å². The van der Waals surface area contributed by atoms with Gasteiger partial charge in [0.15, 0.2) is 0 Å². The number of hydrogen-bond acceptors (Lipinski definition) is 3. The Kier molecular flexibility index (Phi) is 4.18. The molecule has 2 rings (SSSR count). The number of nitrogens with zero attached hydrogens (tertiary/aromatic N) is 2. The summed E-state index contributed by atoms with van der Waals surface area (Å²) >= 11 is 0. The lowest BCUT2D eigenvalue weighted by Gasteiger charge is -2.26. The molecule has 4 heteroatoms. The molecule has 2 atom stereocenters. The van der Waals surface area contributed by atoms with Crippen molar-refractivity contribution in [2.45, 2.75) is 38.3 Å². The van der Waals surface area contributed by atoms with Crippen molar-refractivity contribution in [3.8, 4) is 0 Å². The molecule has 0 amide bonds. The first kappa shape index (κ1) is 12.6. The summed E-state index contributed by atoms with van der Waals surface area (Å²) < 4.78 is 7.53. The molecule has 1 aliphatic rings. The third kappa shape index (κ3) is 3.30. The SMILES string of the molecule is CCNC(Cc1ccn(C)n1)C(OC)C1CC1. The summed E-state index contributed by atoms with van der Waals surface area (Å²) in [5.41, 5.74) is 1.14. The molecule has 1 aliphatic carbocycles. The summed E-state index contributed by atoms with van der Waals surface area (Å²) in [5.74, 6) is 0.743. The van der Waals surface area contributed by atoms with E-state index in [1.54, 1.807) is 0 Å². The van der Waals surface area contributed by atoms with Gasteiger partial charge in [-0.1, -0.05) is 6.92 Å². The number of likely N-dealkylation sites (N-methyl/N-ethyl adjacent to an activating group) is 1. The minimum Gasteiger partial charge on any atom is -0.380 e. The van der Waals surface area contributed by atoms with Gasteiger partial charge in [0.25, 0.3) is 0 Å². The largest absolute Gasteiger partial charge is 0.380 e. The molecule has 0 aliphatic heterocycles. The Balaban J connectivity index is 2.00. The Morgan fingerprint density at radius 2 is 2.35 bits per heavy atom. The van der Waals surface area contributed by atoms with Crippen LogP contribution in [0.25, 0.3) is 0 Å². The second-order valence-corrected chi connectivity index (χ2v) is 4.89. The standard InChI is InChI=1S/C13H23N3O/c1-4-14-12(13(17-3)10-5-6-10)9-11-7-8-16(2)15-11/h7-8,10,12-14H,4-6,9H2,1-3H3. The zero-order chi connectivity index (χ0) is 12.3. The lowest BCUT2D eigenvalue weighted by Crippen LogP contribution is -2.43. The van der Waals surface area contributed by atoms with Gasteiger partial charge in [-0.25, -0.2) is 0 Å². The maximum Gasteiger partial charge on any atom is 0.0756 e. The minimum atomic E-state index is 0.331. The van der Waals surface area contributed by atoms with Crippen molar-refractivity contribution in [3.63, 3.8) is 0 Å². The molecule has 96 valence electrons. The summed E-state index contributed by atoms with van der Waals surface area (Å²) in [4.78, 5) is 0. The van der Waals surface area contributed by atoms with Gasteiger partial charge in [0.2, 0.25) is 0 Å². The van der Waals surface area contributed by atoms with Crippen LogP contribution in [0.15, 0.2) is 12.3 Å². The molecule has 2 unspecified atom stereocenters. The number of rotatable bonds is 7. The summed E-state index contributed by atoms with van der Waals surface area (Å²) in [6, 6.07) is 2.47. The van der Waals surface area contributed by atoms with Crippen molar-refractivity contribution >= 4 is 0 Å². The van der Waals surface area contributed by atoms with Gasteiger partial charge in [0.1, 0.15) is 0 Å². The normalized spacial score (nSPS) is 19.2. The molecule has 4 nitrogen and oxygen atoms in total. The molecular formula is C13H23N3O. The zero-order valence-electron chi connectivity index (χ0n) is 11.0. The first-order valence-corrected chi connectivity index (χ1v) is 6.49. The molecular weight excluding hydrogens is 214 g/mol. The Hall–Kier alpha value is -0.870. The molecule has 1 aromatic rings. The molecule has 1 N–H and O–H groups in total. The molecule has 1 heterocycles. The lowest BCUT2D eigenvalue weighted by atomic mass is 10.0. The van der Waals surface area contributed by atoms with Crippen molar-refractivity contribution < 1.29 is 4.74 Å². The van der Waals surface area contributed by atoms with E-state index in [4.69, 9.17) is 4.74 Å². The van der Waals surface area contributed by atoms with Gasteiger partial charge in [-0.3, -0.25) is 4.68 Å². The monoisotopic (exact) mass is 237 g/mol. The first-order valence-electron chi connectivity index (χ1n) is 6.49. The van der Waals surface area contributed by atoms with Crippen molar-refractivity contribution in [1.82, 2.24) is 15.1 Å². The Labute approximate surface area is 103 Å². The highest BCUT2D eigenvalue weighted by atomic mass is 16.5.